The lowest BCUT2D eigenvalue weighted by atomic mass is 9.97. The minimum Gasteiger partial charge on any atom is -0.369 e. The van der Waals surface area contributed by atoms with Crippen molar-refractivity contribution in [2.45, 2.75) is 20.3 Å². The number of carbonyl (C=O) groups excluding carboxylic acids is 1. The van der Waals surface area contributed by atoms with E-state index < -0.39 is 0 Å². The Morgan fingerprint density at radius 2 is 1.74 bits per heavy atom. The van der Waals surface area contributed by atoms with E-state index in [2.05, 4.69) is 35.9 Å². The standard InChI is InChI=1S/C16H24N2O/c1-4-13(2)16(19)14-5-7-15(8-6-14)18-11-9-17(3)10-12-18/h5-8,13H,4,9-12H2,1-3H3. The number of ketones is 1. The summed E-state index contributed by atoms with van der Waals surface area (Å²) in [7, 11) is 2.16. The Balaban J connectivity index is 2.04. The number of hydrogen-bond acceptors (Lipinski definition) is 3. The topological polar surface area (TPSA) is 23.6 Å². The van der Waals surface area contributed by atoms with Gasteiger partial charge in [-0.3, -0.25) is 4.79 Å². The first-order valence-corrected chi connectivity index (χ1v) is 7.19. The Morgan fingerprint density at radius 1 is 1.16 bits per heavy atom. The zero-order valence-corrected chi connectivity index (χ0v) is 12.2. The molecule has 0 amide bonds. The zero-order valence-electron chi connectivity index (χ0n) is 12.2. The van der Waals surface area contributed by atoms with E-state index in [4.69, 9.17) is 0 Å². The second-order valence-electron chi connectivity index (χ2n) is 5.51. The van der Waals surface area contributed by atoms with Gasteiger partial charge in [0.1, 0.15) is 0 Å². The monoisotopic (exact) mass is 260 g/mol. The molecule has 0 spiro atoms. The van der Waals surface area contributed by atoms with Crippen molar-refractivity contribution in [3.63, 3.8) is 0 Å². The van der Waals surface area contributed by atoms with E-state index in [0.717, 1.165) is 38.2 Å². The third-order valence-corrected chi connectivity index (χ3v) is 4.08. The molecule has 1 unspecified atom stereocenters. The Hall–Kier alpha value is -1.35. The van der Waals surface area contributed by atoms with E-state index in [1.54, 1.807) is 0 Å². The Kier molecular flexibility index (Phi) is 4.59. The van der Waals surface area contributed by atoms with Crippen LogP contribution in [0, 0.1) is 5.92 Å². The lowest BCUT2D eigenvalue weighted by molar-refractivity contribution is 0.0927. The quantitative estimate of drug-likeness (QED) is 0.778. The number of Topliss-reactive ketones (excluding diaryl/α,β-unsaturated/α-hetero) is 1. The van der Waals surface area contributed by atoms with Gasteiger partial charge < -0.3 is 9.80 Å². The van der Waals surface area contributed by atoms with Crippen molar-refractivity contribution < 1.29 is 4.79 Å². The molecule has 0 aromatic heterocycles. The fraction of sp³-hybridized carbons (Fsp3) is 0.562. The number of hydrogen-bond donors (Lipinski definition) is 0. The summed E-state index contributed by atoms with van der Waals surface area (Å²) in [6.07, 6.45) is 0.902. The molecule has 1 heterocycles. The fourth-order valence-corrected chi connectivity index (χ4v) is 2.37. The lowest BCUT2D eigenvalue weighted by Crippen LogP contribution is -2.44. The highest BCUT2D eigenvalue weighted by atomic mass is 16.1. The van der Waals surface area contributed by atoms with Gasteiger partial charge in [-0.25, -0.2) is 0 Å². The first kappa shape index (κ1) is 14.1. The van der Waals surface area contributed by atoms with Gasteiger partial charge in [-0.2, -0.15) is 0 Å². The van der Waals surface area contributed by atoms with Crippen LogP contribution in [0.3, 0.4) is 0 Å². The molecule has 1 aliphatic rings. The van der Waals surface area contributed by atoms with Crippen molar-refractivity contribution in [1.29, 1.82) is 0 Å². The van der Waals surface area contributed by atoms with Gasteiger partial charge in [0.2, 0.25) is 0 Å². The maximum atomic E-state index is 12.1. The van der Waals surface area contributed by atoms with Crippen molar-refractivity contribution in [2.24, 2.45) is 5.92 Å². The first-order chi connectivity index (χ1) is 9.11. The van der Waals surface area contributed by atoms with E-state index in [1.807, 2.05) is 19.1 Å². The van der Waals surface area contributed by atoms with Crippen molar-refractivity contribution >= 4 is 11.5 Å². The van der Waals surface area contributed by atoms with Crippen LogP contribution in [-0.2, 0) is 0 Å². The Labute approximate surface area is 116 Å². The van der Waals surface area contributed by atoms with Crippen molar-refractivity contribution in [2.75, 3.05) is 38.1 Å². The maximum absolute atomic E-state index is 12.1. The molecule has 104 valence electrons. The molecule has 0 saturated carbocycles. The summed E-state index contributed by atoms with van der Waals surface area (Å²) in [6, 6.07) is 8.12. The van der Waals surface area contributed by atoms with Crippen molar-refractivity contribution in [1.82, 2.24) is 4.90 Å². The third-order valence-electron chi connectivity index (χ3n) is 4.08. The second kappa shape index (κ2) is 6.20. The number of rotatable bonds is 4. The van der Waals surface area contributed by atoms with Crippen LogP contribution < -0.4 is 4.90 Å². The van der Waals surface area contributed by atoms with E-state index >= 15 is 0 Å². The molecular formula is C16H24N2O. The molecule has 0 bridgehead atoms. The van der Waals surface area contributed by atoms with Crippen LogP contribution in [0.4, 0.5) is 5.69 Å². The number of benzene rings is 1. The summed E-state index contributed by atoms with van der Waals surface area (Å²) in [5.41, 5.74) is 2.07. The summed E-state index contributed by atoms with van der Waals surface area (Å²) < 4.78 is 0. The predicted octanol–water partition coefficient (Wildman–Crippen LogP) is 2.67. The second-order valence-corrected chi connectivity index (χ2v) is 5.51. The molecule has 2 rings (SSSR count). The summed E-state index contributed by atoms with van der Waals surface area (Å²) in [4.78, 5) is 16.8. The molecule has 3 heteroatoms. The Bertz CT molecular complexity index is 419. The SMILES string of the molecule is CCC(C)C(=O)c1ccc(N2CCN(C)CC2)cc1. The van der Waals surface area contributed by atoms with E-state index in [0.29, 0.717) is 0 Å². The molecule has 0 N–H and O–H groups in total. The van der Waals surface area contributed by atoms with Crippen LogP contribution in [0.1, 0.15) is 30.6 Å². The highest BCUT2D eigenvalue weighted by Gasteiger charge is 2.16. The lowest BCUT2D eigenvalue weighted by Gasteiger charge is -2.34. The summed E-state index contributed by atoms with van der Waals surface area (Å²) in [5, 5.41) is 0. The van der Waals surface area contributed by atoms with Crippen LogP contribution in [-0.4, -0.2) is 43.9 Å². The summed E-state index contributed by atoms with van der Waals surface area (Å²) >= 11 is 0. The average molecular weight is 260 g/mol. The number of anilines is 1. The van der Waals surface area contributed by atoms with Crippen LogP contribution in [0.5, 0.6) is 0 Å². The molecule has 1 saturated heterocycles. The first-order valence-electron chi connectivity index (χ1n) is 7.19. The normalized spacial score (nSPS) is 18.4. The molecule has 1 atom stereocenters. The molecule has 1 fully saturated rings. The molecule has 3 nitrogen and oxygen atoms in total. The third kappa shape index (κ3) is 3.35. The molecular weight excluding hydrogens is 236 g/mol. The molecule has 19 heavy (non-hydrogen) atoms. The fourth-order valence-electron chi connectivity index (χ4n) is 2.37. The van der Waals surface area contributed by atoms with Gasteiger partial charge in [0.05, 0.1) is 0 Å². The summed E-state index contributed by atoms with van der Waals surface area (Å²) in [5.74, 6) is 0.377. The molecule has 0 radical (unpaired) electrons. The molecule has 1 aromatic rings. The van der Waals surface area contributed by atoms with Crippen molar-refractivity contribution in [3.05, 3.63) is 29.8 Å². The van der Waals surface area contributed by atoms with Gasteiger partial charge in [-0.1, -0.05) is 13.8 Å². The van der Waals surface area contributed by atoms with Gasteiger partial charge in [-0.15, -0.1) is 0 Å². The van der Waals surface area contributed by atoms with Gasteiger partial charge in [0.25, 0.3) is 0 Å². The highest BCUT2D eigenvalue weighted by Crippen LogP contribution is 2.19. The van der Waals surface area contributed by atoms with E-state index in [1.165, 1.54) is 5.69 Å². The van der Waals surface area contributed by atoms with Gasteiger partial charge in [-0.05, 0) is 37.7 Å². The zero-order chi connectivity index (χ0) is 13.8. The largest absolute Gasteiger partial charge is 0.369 e. The molecule has 1 aromatic carbocycles. The predicted molar refractivity (Wildman–Crippen MR) is 79.9 cm³/mol. The summed E-state index contributed by atoms with van der Waals surface area (Å²) in [6.45, 7) is 8.39. The maximum Gasteiger partial charge on any atom is 0.165 e. The number of carbonyl (C=O) groups is 1. The van der Waals surface area contributed by atoms with E-state index in [9.17, 15) is 4.79 Å². The minimum atomic E-state index is 0.120. The average Bonchev–Trinajstić information content (AvgIpc) is 2.46. The molecule has 0 aliphatic carbocycles. The number of nitrogens with zero attached hydrogens (tertiary/aromatic N) is 2. The van der Waals surface area contributed by atoms with Crippen LogP contribution in [0.25, 0.3) is 0 Å². The smallest absolute Gasteiger partial charge is 0.165 e. The van der Waals surface area contributed by atoms with Crippen LogP contribution >= 0.6 is 0 Å². The van der Waals surface area contributed by atoms with Crippen LogP contribution in [0.2, 0.25) is 0 Å². The van der Waals surface area contributed by atoms with Crippen LogP contribution in [0.15, 0.2) is 24.3 Å². The van der Waals surface area contributed by atoms with Gasteiger partial charge in [0, 0.05) is 43.3 Å². The number of likely N-dealkylation sites (N-methyl/N-ethyl adjacent to an activating group) is 1. The van der Waals surface area contributed by atoms with Gasteiger partial charge >= 0.3 is 0 Å². The highest BCUT2D eigenvalue weighted by molar-refractivity contribution is 5.97. The molecule has 1 aliphatic heterocycles. The Morgan fingerprint density at radius 3 is 2.26 bits per heavy atom. The minimum absolute atomic E-state index is 0.120. The van der Waals surface area contributed by atoms with Crippen molar-refractivity contribution in [3.8, 4) is 0 Å². The number of piperazine rings is 1. The van der Waals surface area contributed by atoms with Gasteiger partial charge in [0.15, 0.2) is 5.78 Å². The van der Waals surface area contributed by atoms with E-state index in [-0.39, 0.29) is 11.7 Å².